The second kappa shape index (κ2) is 9.41. The first-order valence-corrected chi connectivity index (χ1v) is 6.80. The fraction of sp³-hybridized carbons (Fsp3) is 0.333. The number of amides is 3. The maximum atomic E-state index is 11.5. The number of nitrogens with one attached hydrogen (secondary N) is 3. The molecule has 0 radical (unpaired) electrons. The van der Waals surface area contributed by atoms with Crippen molar-refractivity contribution in [3.8, 4) is 0 Å². The standard InChI is InChI=1S/C15H21N3O3/c1-3-21-15(20)18-11-10-17-14(19)16-9-8-13-7-5-4-6-12(13)2/h4-9H,3,10-11H2,1-2H3,(H,18,20)(H2,16,17,19)/b9-8+. The van der Waals surface area contributed by atoms with Crippen LogP contribution in [-0.4, -0.2) is 31.8 Å². The van der Waals surface area contributed by atoms with Gasteiger partial charge in [-0.25, -0.2) is 9.59 Å². The number of alkyl carbamates (subject to hydrolysis) is 1. The quantitative estimate of drug-likeness (QED) is 0.701. The molecule has 0 unspecified atom stereocenters. The number of ether oxygens (including phenoxy) is 1. The molecule has 0 saturated carbocycles. The molecule has 0 saturated heterocycles. The highest BCUT2D eigenvalue weighted by Crippen LogP contribution is 2.07. The summed E-state index contributed by atoms with van der Waals surface area (Å²) in [7, 11) is 0. The molecule has 3 N–H and O–H groups in total. The molecule has 0 aromatic heterocycles. The van der Waals surface area contributed by atoms with Crippen molar-refractivity contribution in [2.45, 2.75) is 13.8 Å². The molecule has 6 nitrogen and oxygen atoms in total. The molecule has 1 aromatic rings. The van der Waals surface area contributed by atoms with Crippen molar-refractivity contribution in [3.63, 3.8) is 0 Å². The number of carbonyl (C=O) groups is 2. The van der Waals surface area contributed by atoms with Gasteiger partial charge in [0, 0.05) is 19.3 Å². The van der Waals surface area contributed by atoms with Gasteiger partial charge in [0.05, 0.1) is 6.61 Å². The minimum Gasteiger partial charge on any atom is -0.450 e. The first-order chi connectivity index (χ1) is 10.1. The van der Waals surface area contributed by atoms with Crippen molar-refractivity contribution in [1.29, 1.82) is 0 Å². The molecule has 0 aliphatic carbocycles. The monoisotopic (exact) mass is 291 g/mol. The highest BCUT2D eigenvalue weighted by Gasteiger charge is 2.00. The molecule has 0 fully saturated rings. The molecular weight excluding hydrogens is 270 g/mol. The van der Waals surface area contributed by atoms with Crippen LogP contribution in [0.5, 0.6) is 0 Å². The molecule has 0 aliphatic heterocycles. The maximum absolute atomic E-state index is 11.5. The van der Waals surface area contributed by atoms with Crippen LogP contribution < -0.4 is 16.0 Å². The van der Waals surface area contributed by atoms with Gasteiger partial charge in [-0.2, -0.15) is 0 Å². The van der Waals surface area contributed by atoms with E-state index in [1.54, 1.807) is 13.1 Å². The summed E-state index contributed by atoms with van der Waals surface area (Å²) in [6.07, 6.45) is 2.92. The summed E-state index contributed by atoms with van der Waals surface area (Å²) in [5.41, 5.74) is 2.18. The van der Waals surface area contributed by atoms with E-state index in [9.17, 15) is 9.59 Å². The van der Waals surface area contributed by atoms with Crippen LogP contribution in [0.4, 0.5) is 9.59 Å². The second-order valence-corrected chi connectivity index (χ2v) is 4.24. The summed E-state index contributed by atoms with van der Waals surface area (Å²) in [4.78, 5) is 22.4. The van der Waals surface area contributed by atoms with E-state index in [-0.39, 0.29) is 6.03 Å². The van der Waals surface area contributed by atoms with Gasteiger partial charge in [-0.15, -0.1) is 0 Å². The zero-order valence-electron chi connectivity index (χ0n) is 12.3. The molecule has 0 heterocycles. The lowest BCUT2D eigenvalue weighted by molar-refractivity contribution is 0.152. The van der Waals surface area contributed by atoms with Crippen LogP contribution in [0.3, 0.4) is 0 Å². The minimum atomic E-state index is -0.487. The number of rotatable bonds is 6. The number of urea groups is 1. The number of benzene rings is 1. The first-order valence-electron chi connectivity index (χ1n) is 6.80. The Morgan fingerprint density at radius 3 is 2.62 bits per heavy atom. The predicted octanol–water partition coefficient (Wildman–Crippen LogP) is 2.01. The van der Waals surface area contributed by atoms with Crippen molar-refractivity contribution >= 4 is 18.2 Å². The summed E-state index contributed by atoms with van der Waals surface area (Å²) in [6.45, 7) is 4.69. The van der Waals surface area contributed by atoms with Gasteiger partial charge < -0.3 is 20.7 Å². The number of carbonyl (C=O) groups excluding carboxylic acids is 2. The van der Waals surface area contributed by atoms with Crippen molar-refractivity contribution in [2.24, 2.45) is 0 Å². The molecular formula is C15H21N3O3. The van der Waals surface area contributed by atoms with Gasteiger partial charge in [0.1, 0.15) is 0 Å². The van der Waals surface area contributed by atoms with Crippen LogP contribution >= 0.6 is 0 Å². The highest BCUT2D eigenvalue weighted by molar-refractivity contribution is 5.76. The SMILES string of the molecule is CCOC(=O)NCCNC(=O)N/C=C/c1ccccc1C. The van der Waals surface area contributed by atoms with E-state index < -0.39 is 6.09 Å². The number of hydrogen-bond acceptors (Lipinski definition) is 3. The minimum absolute atomic E-state index is 0.313. The van der Waals surface area contributed by atoms with Crippen LogP contribution in [0, 0.1) is 6.92 Å². The zero-order chi connectivity index (χ0) is 15.5. The van der Waals surface area contributed by atoms with Gasteiger partial charge in [0.2, 0.25) is 0 Å². The molecule has 6 heteroatoms. The van der Waals surface area contributed by atoms with E-state index in [0.29, 0.717) is 19.7 Å². The van der Waals surface area contributed by atoms with Gasteiger partial charge in [0.25, 0.3) is 0 Å². The van der Waals surface area contributed by atoms with Crippen molar-refractivity contribution in [1.82, 2.24) is 16.0 Å². The summed E-state index contributed by atoms with van der Waals surface area (Å²) in [6, 6.07) is 7.54. The zero-order valence-corrected chi connectivity index (χ0v) is 12.3. The molecule has 1 aromatic carbocycles. The Morgan fingerprint density at radius 1 is 1.19 bits per heavy atom. The fourth-order valence-corrected chi connectivity index (χ4v) is 1.55. The average molecular weight is 291 g/mol. The topological polar surface area (TPSA) is 79.5 Å². The van der Waals surface area contributed by atoms with Crippen LogP contribution in [0.2, 0.25) is 0 Å². The molecule has 21 heavy (non-hydrogen) atoms. The highest BCUT2D eigenvalue weighted by atomic mass is 16.5. The number of hydrogen-bond donors (Lipinski definition) is 3. The van der Waals surface area contributed by atoms with Gasteiger partial charge in [-0.1, -0.05) is 24.3 Å². The molecule has 114 valence electrons. The van der Waals surface area contributed by atoms with Crippen molar-refractivity contribution < 1.29 is 14.3 Å². The van der Waals surface area contributed by atoms with Crippen LogP contribution in [0.25, 0.3) is 6.08 Å². The molecule has 0 bridgehead atoms. The van der Waals surface area contributed by atoms with Crippen molar-refractivity contribution in [3.05, 3.63) is 41.6 Å². The largest absolute Gasteiger partial charge is 0.450 e. The van der Waals surface area contributed by atoms with E-state index in [2.05, 4.69) is 20.7 Å². The summed E-state index contributed by atoms with van der Waals surface area (Å²) >= 11 is 0. The second-order valence-electron chi connectivity index (χ2n) is 4.24. The molecule has 1 rings (SSSR count). The third-order valence-electron chi connectivity index (χ3n) is 2.62. The Labute approximate surface area is 124 Å². The fourth-order valence-electron chi connectivity index (χ4n) is 1.55. The molecule has 3 amide bonds. The lowest BCUT2D eigenvalue weighted by Crippen LogP contribution is -2.38. The van der Waals surface area contributed by atoms with Crippen LogP contribution in [0.15, 0.2) is 30.5 Å². The molecule has 0 spiro atoms. The third-order valence-corrected chi connectivity index (χ3v) is 2.62. The van der Waals surface area contributed by atoms with Gasteiger partial charge in [-0.3, -0.25) is 0 Å². The van der Waals surface area contributed by atoms with Crippen molar-refractivity contribution in [2.75, 3.05) is 19.7 Å². The van der Waals surface area contributed by atoms with E-state index in [1.807, 2.05) is 37.3 Å². The van der Waals surface area contributed by atoms with E-state index >= 15 is 0 Å². The Kier molecular flexibility index (Phi) is 7.42. The summed E-state index contributed by atoms with van der Waals surface area (Å²) in [5, 5.41) is 7.71. The van der Waals surface area contributed by atoms with Crippen LogP contribution in [0.1, 0.15) is 18.1 Å². The normalized spacial score (nSPS) is 10.2. The average Bonchev–Trinajstić information content (AvgIpc) is 2.46. The Bertz CT molecular complexity index is 501. The lowest BCUT2D eigenvalue weighted by Gasteiger charge is -2.06. The van der Waals surface area contributed by atoms with E-state index in [0.717, 1.165) is 11.1 Å². The maximum Gasteiger partial charge on any atom is 0.407 e. The Morgan fingerprint density at radius 2 is 1.90 bits per heavy atom. The summed E-state index contributed by atoms with van der Waals surface area (Å²) in [5.74, 6) is 0. The Balaban J connectivity index is 2.20. The van der Waals surface area contributed by atoms with Gasteiger partial charge in [-0.05, 0) is 31.1 Å². The molecule has 0 atom stereocenters. The first kappa shape index (κ1) is 16.6. The van der Waals surface area contributed by atoms with E-state index in [1.165, 1.54) is 0 Å². The van der Waals surface area contributed by atoms with Crippen LogP contribution in [-0.2, 0) is 4.74 Å². The van der Waals surface area contributed by atoms with Gasteiger partial charge in [0.15, 0.2) is 0 Å². The smallest absolute Gasteiger partial charge is 0.407 e. The third kappa shape index (κ3) is 7.00. The number of aryl methyl sites for hydroxylation is 1. The van der Waals surface area contributed by atoms with Gasteiger partial charge >= 0.3 is 12.1 Å². The Hall–Kier alpha value is -2.50. The lowest BCUT2D eigenvalue weighted by atomic mass is 10.1. The van der Waals surface area contributed by atoms with E-state index in [4.69, 9.17) is 0 Å². The summed E-state index contributed by atoms with van der Waals surface area (Å²) < 4.78 is 4.68. The predicted molar refractivity (Wildman–Crippen MR) is 81.8 cm³/mol. The molecule has 0 aliphatic rings.